The summed E-state index contributed by atoms with van der Waals surface area (Å²) in [6.45, 7) is 0. The summed E-state index contributed by atoms with van der Waals surface area (Å²) in [5.41, 5.74) is 9.97. The van der Waals surface area contributed by atoms with Crippen molar-refractivity contribution in [2.45, 2.75) is 0 Å². The molecular formula is C38H26. The van der Waals surface area contributed by atoms with Crippen molar-refractivity contribution in [1.82, 2.24) is 0 Å². The van der Waals surface area contributed by atoms with E-state index >= 15 is 0 Å². The lowest BCUT2D eigenvalue weighted by molar-refractivity contribution is 1.59. The van der Waals surface area contributed by atoms with E-state index in [1.807, 2.05) is 0 Å². The minimum atomic E-state index is 1.23. The standard InChI is InChI=1S/C38H26/c1-2-11-29(12-3-1)33-14-6-7-15-35(33)38-25-24-34(36-16-8-9-17-37(36)38)30-21-18-28(19-22-30)32-23-20-27-10-4-5-13-31(27)26-32/h1-26H. The van der Waals surface area contributed by atoms with Gasteiger partial charge < -0.3 is 0 Å². The number of hydrogen-bond donors (Lipinski definition) is 0. The molecule has 0 saturated carbocycles. The third kappa shape index (κ3) is 3.97. The summed E-state index contributed by atoms with van der Waals surface area (Å²) in [6.07, 6.45) is 0. The molecule has 0 nitrogen and oxygen atoms in total. The summed E-state index contributed by atoms with van der Waals surface area (Å²) in [7, 11) is 0. The fourth-order valence-electron chi connectivity index (χ4n) is 5.58. The van der Waals surface area contributed by atoms with Crippen LogP contribution in [0.15, 0.2) is 158 Å². The van der Waals surface area contributed by atoms with E-state index in [0.29, 0.717) is 0 Å². The third-order valence-corrected chi connectivity index (χ3v) is 7.50. The first-order valence-corrected chi connectivity index (χ1v) is 13.1. The van der Waals surface area contributed by atoms with Gasteiger partial charge in [-0.3, -0.25) is 0 Å². The van der Waals surface area contributed by atoms with Crippen molar-refractivity contribution in [3.05, 3.63) is 158 Å². The average molecular weight is 483 g/mol. The summed E-state index contributed by atoms with van der Waals surface area (Å²) in [6, 6.07) is 56.9. The summed E-state index contributed by atoms with van der Waals surface area (Å²) in [4.78, 5) is 0. The molecule has 0 saturated heterocycles. The van der Waals surface area contributed by atoms with Crippen molar-refractivity contribution in [1.29, 1.82) is 0 Å². The Kier molecular flexibility index (Phi) is 5.57. The summed E-state index contributed by atoms with van der Waals surface area (Å²) in [5, 5.41) is 5.08. The van der Waals surface area contributed by atoms with Gasteiger partial charge in [-0.05, 0) is 72.1 Å². The molecule has 178 valence electrons. The molecule has 0 heteroatoms. The monoisotopic (exact) mass is 482 g/mol. The van der Waals surface area contributed by atoms with Gasteiger partial charge in [0, 0.05) is 0 Å². The first kappa shape index (κ1) is 22.3. The van der Waals surface area contributed by atoms with E-state index < -0.39 is 0 Å². The molecule has 0 aliphatic carbocycles. The molecule has 7 aromatic carbocycles. The summed E-state index contributed by atoms with van der Waals surface area (Å²) >= 11 is 0. The van der Waals surface area contributed by atoms with Gasteiger partial charge in [-0.1, -0.05) is 152 Å². The predicted octanol–water partition coefficient (Wildman–Crippen LogP) is 10.7. The molecule has 0 amide bonds. The van der Waals surface area contributed by atoms with Crippen LogP contribution in [0.3, 0.4) is 0 Å². The highest BCUT2D eigenvalue weighted by atomic mass is 14.2. The van der Waals surface area contributed by atoms with Crippen LogP contribution in [0.25, 0.3) is 66.1 Å². The van der Waals surface area contributed by atoms with Gasteiger partial charge in [-0.15, -0.1) is 0 Å². The van der Waals surface area contributed by atoms with Crippen LogP contribution in [0.2, 0.25) is 0 Å². The molecule has 0 aliphatic heterocycles. The maximum Gasteiger partial charge on any atom is -0.00987 e. The van der Waals surface area contributed by atoms with E-state index in [2.05, 4.69) is 158 Å². The van der Waals surface area contributed by atoms with Gasteiger partial charge in [0.25, 0.3) is 0 Å². The van der Waals surface area contributed by atoms with Gasteiger partial charge in [-0.2, -0.15) is 0 Å². The van der Waals surface area contributed by atoms with Gasteiger partial charge in [-0.25, -0.2) is 0 Å². The quantitative estimate of drug-likeness (QED) is 0.234. The number of rotatable bonds is 4. The van der Waals surface area contributed by atoms with Gasteiger partial charge in [0.15, 0.2) is 0 Å². The maximum atomic E-state index is 2.29. The second-order valence-corrected chi connectivity index (χ2v) is 9.76. The van der Waals surface area contributed by atoms with E-state index in [1.165, 1.54) is 66.1 Å². The molecule has 0 aliphatic rings. The van der Waals surface area contributed by atoms with Crippen LogP contribution in [0.1, 0.15) is 0 Å². The van der Waals surface area contributed by atoms with E-state index in [4.69, 9.17) is 0 Å². The molecule has 0 bridgehead atoms. The lowest BCUT2D eigenvalue weighted by atomic mass is 9.88. The van der Waals surface area contributed by atoms with Crippen LogP contribution in [-0.2, 0) is 0 Å². The topological polar surface area (TPSA) is 0 Å². The smallest absolute Gasteiger partial charge is 0.00987 e. The largest absolute Gasteiger partial charge is 0.0622 e. The zero-order valence-electron chi connectivity index (χ0n) is 21.0. The molecule has 7 aromatic rings. The Labute approximate surface area is 223 Å². The van der Waals surface area contributed by atoms with Crippen LogP contribution in [0.4, 0.5) is 0 Å². The first-order valence-electron chi connectivity index (χ1n) is 13.1. The molecular weight excluding hydrogens is 456 g/mol. The second kappa shape index (κ2) is 9.50. The van der Waals surface area contributed by atoms with Crippen molar-refractivity contribution in [3.8, 4) is 44.5 Å². The van der Waals surface area contributed by atoms with Crippen molar-refractivity contribution in [2.24, 2.45) is 0 Å². The molecule has 0 fully saturated rings. The first-order chi connectivity index (χ1) is 18.8. The van der Waals surface area contributed by atoms with Gasteiger partial charge in [0.2, 0.25) is 0 Å². The fourth-order valence-corrected chi connectivity index (χ4v) is 5.58. The highest BCUT2D eigenvalue weighted by Gasteiger charge is 2.13. The Morgan fingerprint density at radius 2 is 0.763 bits per heavy atom. The average Bonchev–Trinajstić information content (AvgIpc) is 3.01. The maximum absolute atomic E-state index is 2.29. The van der Waals surface area contributed by atoms with Crippen LogP contribution in [-0.4, -0.2) is 0 Å². The molecule has 0 spiro atoms. The molecule has 0 unspecified atom stereocenters. The third-order valence-electron chi connectivity index (χ3n) is 7.50. The van der Waals surface area contributed by atoms with E-state index in [0.717, 1.165) is 0 Å². The number of fused-ring (bicyclic) bond motifs is 2. The minimum Gasteiger partial charge on any atom is -0.0622 e. The Bertz CT molecular complexity index is 1890. The molecule has 0 heterocycles. The molecule has 0 N–H and O–H groups in total. The zero-order valence-corrected chi connectivity index (χ0v) is 21.0. The van der Waals surface area contributed by atoms with Gasteiger partial charge >= 0.3 is 0 Å². The van der Waals surface area contributed by atoms with Crippen molar-refractivity contribution < 1.29 is 0 Å². The molecule has 0 radical (unpaired) electrons. The summed E-state index contributed by atoms with van der Waals surface area (Å²) in [5.74, 6) is 0. The Balaban J connectivity index is 1.32. The number of benzene rings is 7. The summed E-state index contributed by atoms with van der Waals surface area (Å²) < 4.78 is 0. The Morgan fingerprint density at radius 1 is 0.237 bits per heavy atom. The Hall–Kier alpha value is -4.94. The van der Waals surface area contributed by atoms with Crippen LogP contribution < -0.4 is 0 Å². The van der Waals surface area contributed by atoms with E-state index in [9.17, 15) is 0 Å². The van der Waals surface area contributed by atoms with Crippen LogP contribution >= 0.6 is 0 Å². The zero-order chi connectivity index (χ0) is 25.3. The minimum absolute atomic E-state index is 1.23. The Morgan fingerprint density at radius 3 is 1.55 bits per heavy atom. The normalized spacial score (nSPS) is 11.2. The van der Waals surface area contributed by atoms with E-state index in [-0.39, 0.29) is 0 Å². The van der Waals surface area contributed by atoms with Crippen molar-refractivity contribution in [3.63, 3.8) is 0 Å². The highest BCUT2D eigenvalue weighted by molar-refractivity contribution is 6.07. The predicted molar refractivity (Wildman–Crippen MR) is 163 cm³/mol. The van der Waals surface area contributed by atoms with Crippen LogP contribution in [0.5, 0.6) is 0 Å². The van der Waals surface area contributed by atoms with Gasteiger partial charge in [0.05, 0.1) is 0 Å². The molecule has 0 atom stereocenters. The number of hydrogen-bond acceptors (Lipinski definition) is 0. The highest BCUT2D eigenvalue weighted by Crippen LogP contribution is 2.40. The fraction of sp³-hybridized carbons (Fsp3) is 0. The molecule has 0 aromatic heterocycles. The molecule has 7 rings (SSSR count). The van der Waals surface area contributed by atoms with Gasteiger partial charge in [0.1, 0.15) is 0 Å². The van der Waals surface area contributed by atoms with Crippen molar-refractivity contribution in [2.75, 3.05) is 0 Å². The lowest BCUT2D eigenvalue weighted by Gasteiger charge is -2.15. The van der Waals surface area contributed by atoms with Crippen LogP contribution in [0, 0.1) is 0 Å². The lowest BCUT2D eigenvalue weighted by Crippen LogP contribution is -1.89. The van der Waals surface area contributed by atoms with E-state index in [1.54, 1.807) is 0 Å². The molecule has 38 heavy (non-hydrogen) atoms. The SMILES string of the molecule is c1ccc(-c2ccccc2-c2ccc(-c3ccc(-c4ccc5ccccc5c4)cc3)c3ccccc23)cc1. The van der Waals surface area contributed by atoms with Crippen molar-refractivity contribution >= 4 is 21.5 Å². The second-order valence-electron chi connectivity index (χ2n) is 9.76.